The highest BCUT2D eigenvalue weighted by molar-refractivity contribution is 5.38. The first-order valence-electron chi connectivity index (χ1n) is 6.52. The lowest BCUT2D eigenvalue weighted by atomic mass is 10.0. The van der Waals surface area contributed by atoms with E-state index in [9.17, 15) is 0 Å². The van der Waals surface area contributed by atoms with E-state index in [-0.39, 0.29) is 6.04 Å². The van der Waals surface area contributed by atoms with Crippen LogP contribution in [0, 0.1) is 18.3 Å². The number of rotatable bonds is 7. The quantitative estimate of drug-likeness (QED) is 0.750. The van der Waals surface area contributed by atoms with E-state index < -0.39 is 0 Å². The molecular weight excluding hydrogens is 224 g/mol. The molecule has 0 bridgehead atoms. The number of aryl methyl sites for hydroxylation is 1. The summed E-state index contributed by atoms with van der Waals surface area (Å²) in [6.45, 7) is 7.85. The summed E-state index contributed by atoms with van der Waals surface area (Å²) in [7, 11) is 0. The van der Waals surface area contributed by atoms with Crippen molar-refractivity contribution < 1.29 is 4.74 Å². The Morgan fingerprint density at radius 1 is 1.44 bits per heavy atom. The molecule has 0 saturated heterocycles. The molecule has 1 rings (SSSR count). The summed E-state index contributed by atoms with van der Waals surface area (Å²) in [5.74, 6) is 0.923. The normalized spacial score (nSPS) is 11.9. The fourth-order valence-electron chi connectivity index (χ4n) is 1.89. The maximum absolute atomic E-state index is 8.50. The van der Waals surface area contributed by atoms with Gasteiger partial charge in [0, 0.05) is 18.0 Å². The summed E-state index contributed by atoms with van der Waals surface area (Å²) < 4.78 is 5.77. The van der Waals surface area contributed by atoms with Crippen molar-refractivity contribution >= 4 is 0 Å². The number of nitrogens with zero attached hydrogens (tertiary/aromatic N) is 1. The van der Waals surface area contributed by atoms with Gasteiger partial charge in [-0.2, -0.15) is 5.26 Å². The van der Waals surface area contributed by atoms with Crippen LogP contribution in [0.3, 0.4) is 0 Å². The predicted octanol–water partition coefficient (Wildman–Crippen LogP) is 3.35. The lowest BCUT2D eigenvalue weighted by molar-refractivity contribution is 0.306. The monoisotopic (exact) mass is 246 g/mol. The lowest BCUT2D eigenvalue weighted by Crippen LogP contribution is -2.18. The maximum Gasteiger partial charge on any atom is 0.124 e. The van der Waals surface area contributed by atoms with Gasteiger partial charge in [0.25, 0.3) is 0 Å². The first-order valence-corrected chi connectivity index (χ1v) is 6.52. The number of hydrogen-bond donors (Lipinski definition) is 1. The Morgan fingerprint density at radius 3 is 2.89 bits per heavy atom. The van der Waals surface area contributed by atoms with Gasteiger partial charge in [-0.1, -0.05) is 24.6 Å². The van der Waals surface area contributed by atoms with Crippen molar-refractivity contribution in [3.63, 3.8) is 0 Å². The van der Waals surface area contributed by atoms with Crippen molar-refractivity contribution in [2.24, 2.45) is 0 Å². The molecule has 0 spiro atoms. The van der Waals surface area contributed by atoms with Gasteiger partial charge >= 0.3 is 0 Å². The SMILES string of the molecule is CCNC(C)c1cc(C)ccc1OCCCC#N. The zero-order chi connectivity index (χ0) is 13.4. The molecule has 0 amide bonds. The van der Waals surface area contributed by atoms with E-state index in [4.69, 9.17) is 10.00 Å². The van der Waals surface area contributed by atoms with Gasteiger partial charge in [0.15, 0.2) is 0 Å². The van der Waals surface area contributed by atoms with Crippen molar-refractivity contribution in [1.29, 1.82) is 5.26 Å². The van der Waals surface area contributed by atoms with Crippen LogP contribution in [0.25, 0.3) is 0 Å². The third kappa shape index (κ3) is 4.38. The Hall–Kier alpha value is -1.53. The Kier molecular flexibility index (Phi) is 6.24. The van der Waals surface area contributed by atoms with Crippen molar-refractivity contribution in [3.8, 4) is 11.8 Å². The Labute approximate surface area is 110 Å². The molecule has 0 aliphatic heterocycles. The van der Waals surface area contributed by atoms with E-state index in [0.29, 0.717) is 13.0 Å². The standard InChI is InChI=1S/C15H22N2O/c1-4-17-13(3)14-11-12(2)7-8-15(14)18-10-6-5-9-16/h7-8,11,13,17H,4-6,10H2,1-3H3. The number of ether oxygens (including phenoxy) is 1. The molecule has 0 aliphatic rings. The summed E-state index contributed by atoms with van der Waals surface area (Å²) in [5, 5.41) is 11.9. The van der Waals surface area contributed by atoms with Gasteiger partial charge in [-0.15, -0.1) is 0 Å². The number of hydrogen-bond acceptors (Lipinski definition) is 3. The van der Waals surface area contributed by atoms with Gasteiger partial charge in [-0.25, -0.2) is 0 Å². The molecule has 0 aromatic heterocycles. The summed E-state index contributed by atoms with van der Waals surface area (Å²) in [6, 6.07) is 8.64. The molecule has 0 saturated carbocycles. The highest BCUT2D eigenvalue weighted by Crippen LogP contribution is 2.26. The molecular formula is C15H22N2O. The number of nitriles is 1. The van der Waals surface area contributed by atoms with Crippen LogP contribution in [0.2, 0.25) is 0 Å². The Bertz CT molecular complexity index is 409. The summed E-state index contributed by atoms with van der Waals surface area (Å²) in [5.41, 5.74) is 2.42. The third-order valence-electron chi connectivity index (χ3n) is 2.83. The summed E-state index contributed by atoms with van der Waals surface area (Å²) >= 11 is 0. The molecule has 0 aliphatic carbocycles. The Morgan fingerprint density at radius 2 is 2.22 bits per heavy atom. The zero-order valence-corrected chi connectivity index (χ0v) is 11.5. The summed E-state index contributed by atoms with van der Waals surface area (Å²) in [4.78, 5) is 0. The average molecular weight is 246 g/mol. The minimum atomic E-state index is 0.279. The van der Waals surface area contributed by atoms with Crippen LogP contribution in [-0.4, -0.2) is 13.2 Å². The van der Waals surface area contributed by atoms with Crippen LogP contribution in [0.1, 0.15) is 43.9 Å². The van der Waals surface area contributed by atoms with Gasteiger partial charge in [0.2, 0.25) is 0 Å². The topological polar surface area (TPSA) is 45.0 Å². The van der Waals surface area contributed by atoms with E-state index in [1.165, 1.54) is 11.1 Å². The van der Waals surface area contributed by atoms with Crippen molar-refractivity contribution in [3.05, 3.63) is 29.3 Å². The van der Waals surface area contributed by atoms with Gasteiger partial charge in [-0.05, 0) is 32.9 Å². The second-order valence-corrected chi connectivity index (χ2v) is 4.43. The first kappa shape index (κ1) is 14.5. The molecule has 18 heavy (non-hydrogen) atoms. The zero-order valence-electron chi connectivity index (χ0n) is 11.5. The predicted molar refractivity (Wildman–Crippen MR) is 73.6 cm³/mol. The van der Waals surface area contributed by atoms with Crippen molar-refractivity contribution in [2.75, 3.05) is 13.2 Å². The largest absolute Gasteiger partial charge is 0.493 e. The lowest BCUT2D eigenvalue weighted by Gasteiger charge is -2.18. The molecule has 1 aromatic carbocycles. The molecule has 0 heterocycles. The van der Waals surface area contributed by atoms with E-state index >= 15 is 0 Å². The Balaban J connectivity index is 2.73. The van der Waals surface area contributed by atoms with Crippen LogP contribution in [-0.2, 0) is 0 Å². The van der Waals surface area contributed by atoms with Crippen molar-refractivity contribution in [2.45, 2.75) is 39.7 Å². The van der Waals surface area contributed by atoms with Crippen molar-refractivity contribution in [1.82, 2.24) is 5.32 Å². The molecule has 1 unspecified atom stereocenters. The number of benzene rings is 1. The van der Waals surface area contributed by atoms with Crippen LogP contribution in [0.4, 0.5) is 0 Å². The fraction of sp³-hybridized carbons (Fsp3) is 0.533. The van der Waals surface area contributed by atoms with Crippen LogP contribution in [0.5, 0.6) is 5.75 Å². The van der Waals surface area contributed by atoms with Gasteiger partial charge in [0.05, 0.1) is 12.7 Å². The molecule has 3 heteroatoms. The van der Waals surface area contributed by atoms with Crippen LogP contribution >= 0.6 is 0 Å². The van der Waals surface area contributed by atoms with E-state index in [2.05, 4.69) is 44.3 Å². The number of nitrogens with one attached hydrogen (secondary N) is 1. The molecule has 3 nitrogen and oxygen atoms in total. The van der Waals surface area contributed by atoms with E-state index in [1.807, 2.05) is 6.07 Å². The molecule has 1 aromatic rings. The van der Waals surface area contributed by atoms with E-state index in [0.717, 1.165) is 18.7 Å². The van der Waals surface area contributed by atoms with Gasteiger partial charge in [-0.3, -0.25) is 0 Å². The second-order valence-electron chi connectivity index (χ2n) is 4.43. The molecule has 98 valence electrons. The molecule has 0 fully saturated rings. The minimum Gasteiger partial charge on any atom is -0.493 e. The fourth-order valence-corrected chi connectivity index (χ4v) is 1.89. The van der Waals surface area contributed by atoms with Crippen LogP contribution < -0.4 is 10.1 Å². The molecule has 0 radical (unpaired) electrons. The third-order valence-corrected chi connectivity index (χ3v) is 2.83. The highest BCUT2D eigenvalue weighted by atomic mass is 16.5. The molecule has 1 atom stereocenters. The number of unbranched alkanes of at least 4 members (excludes halogenated alkanes) is 1. The minimum absolute atomic E-state index is 0.279. The van der Waals surface area contributed by atoms with Crippen LogP contribution in [0.15, 0.2) is 18.2 Å². The van der Waals surface area contributed by atoms with Gasteiger partial charge < -0.3 is 10.1 Å². The first-order chi connectivity index (χ1) is 8.69. The second kappa shape index (κ2) is 7.73. The summed E-state index contributed by atoms with van der Waals surface area (Å²) in [6.07, 6.45) is 1.32. The molecule has 1 N–H and O–H groups in total. The van der Waals surface area contributed by atoms with E-state index in [1.54, 1.807) is 0 Å². The highest BCUT2D eigenvalue weighted by Gasteiger charge is 2.10. The average Bonchev–Trinajstić information content (AvgIpc) is 2.36. The maximum atomic E-state index is 8.50. The smallest absolute Gasteiger partial charge is 0.124 e. The van der Waals surface area contributed by atoms with Gasteiger partial charge in [0.1, 0.15) is 5.75 Å².